The van der Waals surface area contributed by atoms with Crippen LogP contribution in [0, 0.1) is 29.1 Å². The predicted octanol–water partition coefficient (Wildman–Crippen LogP) is 5.65. The van der Waals surface area contributed by atoms with Gasteiger partial charge in [-0.05, 0) is 73.8 Å². The van der Waals surface area contributed by atoms with Gasteiger partial charge in [-0.2, -0.15) is 0 Å². The molecule has 0 radical (unpaired) electrons. The van der Waals surface area contributed by atoms with Gasteiger partial charge in [-0.3, -0.25) is 9.59 Å². The number of methoxy groups -OCH3 is 1. The molecule has 244 valence electrons. The minimum absolute atomic E-state index is 0.0529. The first-order valence-electron chi connectivity index (χ1n) is 16.6. The second kappa shape index (κ2) is 12.1. The van der Waals surface area contributed by atoms with E-state index in [2.05, 4.69) is 0 Å². The van der Waals surface area contributed by atoms with E-state index in [0.717, 1.165) is 32.1 Å². The van der Waals surface area contributed by atoms with Gasteiger partial charge < -0.3 is 23.9 Å². The Morgan fingerprint density at radius 2 is 1.89 bits per heavy atom. The van der Waals surface area contributed by atoms with Gasteiger partial charge in [-0.1, -0.05) is 40.5 Å². The van der Waals surface area contributed by atoms with Gasteiger partial charge in [0.1, 0.15) is 29.9 Å². The van der Waals surface area contributed by atoms with E-state index in [1.165, 1.54) is 11.3 Å². The molecule has 2 bridgehead atoms. The summed E-state index contributed by atoms with van der Waals surface area (Å²) in [7, 11) is 1.57. The number of esters is 1. The molecular formula is C35H46FN3O6. The third-order valence-corrected chi connectivity index (χ3v) is 10.8. The molecule has 8 atom stereocenters. The molecule has 2 aliphatic carbocycles. The first kappa shape index (κ1) is 31.7. The number of benzene rings is 1. The fourth-order valence-electron chi connectivity index (χ4n) is 8.00. The van der Waals surface area contributed by atoms with Crippen LogP contribution in [-0.4, -0.2) is 70.6 Å². The van der Waals surface area contributed by atoms with Gasteiger partial charge in [0.25, 0.3) is 0 Å². The number of aromatic nitrogens is 2. The van der Waals surface area contributed by atoms with Crippen molar-refractivity contribution < 1.29 is 33.0 Å². The van der Waals surface area contributed by atoms with Gasteiger partial charge in [0.15, 0.2) is 11.8 Å². The van der Waals surface area contributed by atoms with Crippen molar-refractivity contribution in [1.29, 1.82) is 0 Å². The van der Waals surface area contributed by atoms with Gasteiger partial charge in [0.05, 0.1) is 37.0 Å². The Morgan fingerprint density at radius 3 is 2.60 bits per heavy atom. The number of aldehydes is 1. The maximum Gasteiger partial charge on any atom is 0.306 e. The van der Waals surface area contributed by atoms with Gasteiger partial charge >= 0.3 is 5.97 Å². The Hall–Kier alpha value is -3.30. The van der Waals surface area contributed by atoms with E-state index < -0.39 is 41.0 Å². The first-order chi connectivity index (χ1) is 21.5. The minimum Gasteiger partial charge on any atom is -0.497 e. The van der Waals surface area contributed by atoms with Crippen molar-refractivity contribution >= 4 is 29.2 Å². The van der Waals surface area contributed by atoms with Crippen molar-refractivity contribution in [2.75, 3.05) is 13.7 Å². The standard InChI is InChI=1S/C35H46FN3O6/c1-6-35(36)29(19-40)39-18-30(35)45-32-26(37-25-13-12-21(43-5)16-27(25)38-32)11-9-7-8-10-22-23-14-20(23)15-28(22)44-31(41)17-24(33(39)42)34(2,3)4/h12-13,16,19-20,22-24,28-30H,6-11,14-15,17-18H2,1-5H3/t20?,22-,23?,24-,28-,29-,30+,35-/m1/s1. The molecule has 2 saturated carbocycles. The Kier molecular flexibility index (Phi) is 8.54. The molecular weight excluding hydrogens is 577 g/mol. The second-order valence-electron chi connectivity index (χ2n) is 14.6. The number of hydrogen-bond donors (Lipinski definition) is 0. The van der Waals surface area contributed by atoms with Gasteiger partial charge in [-0.25, -0.2) is 14.4 Å². The molecule has 4 aliphatic rings. The zero-order valence-electron chi connectivity index (χ0n) is 27.1. The summed E-state index contributed by atoms with van der Waals surface area (Å²) in [5.41, 5.74) is -0.945. The highest BCUT2D eigenvalue weighted by Crippen LogP contribution is 2.58. The van der Waals surface area contributed by atoms with Gasteiger partial charge in [0, 0.05) is 6.07 Å². The van der Waals surface area contributed by atoms with Crippen LogP contribution in [0.4, 0.5) is 4.39 Å². The summed E-state index contributed by atoms with van der Waals surface area (Å²) in [6.45, 7) is 7.15. The largest absolute Gasteiger partial charge is 0.497 e. The van der Waals surface area contributed by atoms with Crippen LogP contribution in [0.5, 0.6) is 11.6 Å². The number of amides is 1. The summed E-state index contributed by atoms with van der Waals surface area (Å²) in [6, 6.07) is 4.06. The van der Waals surface area contributed by atoms with Crippen LogP contribution in [-0.2, 0) is 25.5 Å². The number of rotatable bonds is 3. The molecule has 9 nitrogen and oxygen atoms in total. The van der Waals surface area contributed by atoms with Crippen LogP contribution in [0.15, 0.2) is 18.2 Å². The van der Waals surface area contributed by atoms with Gasteiger partial charge in [0.2, 0.25) is 11.8 Å². The van der Waals surface area contributed by atoms with E-state index in [0.29, 0.717) is 52.9 Å². The Balaban J connectivity index is 1.39. The Morgan fingerprint density at radius 1 is 1.09 bits per heavy atom. The van der Waals surface area contributed by atoms with Crippen molar-refractivity contribution in [3.05, 3.63) is 23.9 Å². The molecule has 10 heteroatoms. The van der Waals surface area contributed by atoms with E-state index in [1.54, 1.807) is 20.1 Å². The molecule has 1 aromatic heterocycles. The fourth-order valence-corrected chi connectivity index (χ4v) is 8.00. The van der Waals surface area contributed by atoms with Crippen molar-refractivity contribution in [2.24, 2.45) is 29.1 Å². The number of nitrogens with zero attached hydrogens (tertiary/aromatic N) is 3. The molecule has 0 spiro atoms. The Bertz CT molecular complexity index is 1460. The fraction of sp³-hybridized carbons (Fsp3) is 0.686. The minimum atomic E-state index is -2.16. The number of aryl methyl sites for hydroxylation is 1. The third kappa shape index (κ3) is 6.01. The lowest BCUT2D eigenvalue weighted by atomic mass is 9.77. The van der Waals surface area contributed by atoms with E-state index >= 15 is 4.39 Å². The molecule has 2 aliphatic heterocycles. The molecule has 2 aromatic rings. The SMILES string of the molecule is CC[C@]1(F)[C@@H]2CN(C(=O)[C@H](C(C)(C)C)CC(=O)O[C@@H]3CC4CC4[C@H]3CCCCCc3nc4ccc(OC)cc4nc3O2)[C@@H]1C=O. The lowest BCUT2D eigenvalue weighted by Crippen LogP contribution is -2.51. The molecule has 45 heavy (non-hydrogen) atoms. The average Bonchev–Trinajstić information content (AvgIpc) is 3.60. The zero-order valence-corrected chi connectivity index (χ0v) is 27.1. The van der Waals surface area contributed by atoms with Crippen LogP contribution in [0.3, 0.4) is 0 Å². The van der Waals surface area contributed by atoms with Crippen LogP contribution in [0.1, 0.15) is 84.8 Å². The number of alkyl halides is 1. The molecule has 1 aromatic carbocycles. The molecule has 2 unspecified atom stereocenters. The number of hydrogen-bond acceptors (Lipinski definition) is 8. The lowest BCUT2D eigenvalue weighted by Gasteiger charge is -2.35. The summed E-state index contributed by atoms with van der Waals surface area (Å²) in [5.74, 6) is 0.745. The summed E-state index contributed by atoms with van der Waals surface area (Å²) in [4.78, 5) is 51.1. The summed E-state index contributed by atoms with van der Waals surface area (Å²) >= 11 is 0. The van der Waals surface area contributed by atoms with Crippen LogP contribution >= 0.6 is 0 Å². The molecule has 6 rings (SSSR count). The number of carbonyl (C=O) groups is 3. The van der Waals surface area contributed by atoms with E-state index in [-0.39, 0.29) is 31.4 Å². The first-order valence-corrected chi connectivity index (χ1v) is 16.6. The molecule has 3 heterocycles. The lowest BCUT2D eigenvalue weighted by molar-refractivity contribution is -0.158. The topological polar surface area (TPSA) is 108 Å². The number of carbonyl (C=O) groups excluding carboxylic acids is 3. The smallest absolute Gasteiger partial charge is 0.306 e. The van der Waals surface area contributed by atoms with E-state index in [1.807, 2.05) is 32.9 Å². The summed E-state index contributed by atoms with van der Waals surface area (Å²) in [6.07, 6.45) is 5.50. The van der Waals surface area contributed by atoms with Crippen molar-refractivity contribution in [1.82, 2.24) is 14.9 Å². The molecule has 1 saturated heterocycles. The van der Waals surface area contributed by atoms with Crippen molar-refractivity contribution in [2.45, 2.75) is 109 Å². The summed E-state index contributed by atoms with van der Waals surface area (Å²) < 4.78 is 34.8. The monoisotopic (exact) mass is 623 g/mol. The van der Waals surface area contributed by atoms with Crippen LogP contribution in [0.2, 0.25) is 0 Å². The quantitative estimate of drug-likeness (QED) is 0.319. The van der Waals surface area contributed by atoms with Gasteiger partial charge in [-0.15, -0.1) is 0 Å². The maximum absolute atomic E-state index is 17.0. The number of halogens is 1. The highest BCUT2D eigenvalue weighted by Gasteiger charge is 2.59. The van der Waals surface area contributed by atoms with Crippen molar-refractivity contribution in [3.63, 3.8) is 0 Å². The maximum atomic E-state index is 17.0. The second-order valence-corrected chi connectivity index (χ2v) is 14.6. The summed E-state index contributed by atoms with van der Waals surface area (Å²) in [5, 5.41) is 0. The van der Waals surface area contributed by atoms with Crippen LogP contribution in [0.25, 0.3) is 11.0 Å². The third-order valence-electron chi connectivity index (χ3n) is 10.8. The molecule has 0 N–H and O–H groups in total. The highest BCUT2D eigenvalue weighted by atomic mass is 19.1. The predicted molar refractivity (Wildman–Crippen MR) is 166 cm³/mol. The zero-order chi connectivity index (χ0) is 32.1. The van der Waals surface area contributed by atoms with Crippen molar-refractivity contribution in [3.8, 4) is 11.6 Å². The van der Waals surface area contributed by atoms with E-state index in [9.17, 15) is 14.4 Å². The average molecular weight is 624 g/mol. The highest BCUT2D eigenvalue weighted by molar-refractivity contribution is 5.87. The van der Waals surface area contributed by atoms with Crippen LogP contribution < -0.4 is 9.47 Å². The van der Waals surface area contributed by atoms with E-state index in [4.69, 9.17) is 24.2 Å². The molecule has 1 amide bonds. The normalized spacial score (nSPS) is 34.1. The number of ether oxygens (including phenoxy) is 3. The molecule has 3 fully saturated rings. The number of fused-ring (bicyclic) bond motifs is 7. The Labute approximate surface area is 264 Å².